The molecule has 20 heavy (non-hydrogen) atoms. The normalized spacial score (nSPS) is 11.9. The Bertz CT molecular complexity index is 613. The monoisotopic (exact) mass is 273 g/mol. The summed E-state index contributed by atoms with van der Waals surface area (Å²) < 4.78 is 13.3. The fourth-order valence-electron chi connectivity index (χ4n) is 2.13. The maximum absolute atomic E-state index is 13.3. The second kappa shape index (κ2) is 6.19. The van der Waals surface area contributed by atoms with Crippen molar-refractivity contribution in [3.63, 3.8) is 0 Å². The summed E-state index contributed by atoms with van der Waals surface area (Å²) in [5.41, 5.74) is 1.55. The summed E-state index contributed by atoms with van der Waals surface area (Å²) in [5, 5.41) is 12.3. The van der Waals surface area contributed by atoms with E-state index >= 15 is 0 Å². The molecule has 2 aromatic carbocycles. The van der Waals surface area contributed by atoms with E-state index in [1.165, 1.54) is 12.1 Å². The molecule has 0 radical (unpaired) electrons. The predicted molar refractivity (Wildman–Crippen MR) is 76.5 cm³/mol. The Kier molecular flexibility index (Phi) is 4.35. The second-order valence-corrected chi connectivity index (χ2v) is 4.51. The Balaban J connectivity index is 2.29. The number of hydrogen-bond acceptors (Lipinski definition) is 2. The lowest BCUT2D eigenvalue weighted by atomic mass is 10.0. The summed E-state index contributed by atoms with van der Waals surface area (Å²) in [6, 6.07) is 12.9. The zero-order chi connectivity index (χ0) is 14.5. The smallest absolute Gasteiger partial charge is 0.337 e. The van der Waals surface area contributed by atoms with Crippen LogP contribution in [0.25, 0.3) is 0 Å². The van der Waals surface area contributed by atoms with Crippen LogP contribution in [0.15, 0.2) is 48.5 Å². The van der Waals surface area contributed by atoms with E-state index in [2.05, 4.69) is 5.32 Å². The minimum Gasteiger partial charge on any atom is -0.478 e. The van der Waals surface area contributed by atoms with E-state index < -0.39 is 5.97 Å². The molecule has 0 fully saturated rings. The number of para-hydroxylation sites is 1. The Morgan fingerprint density at radius 3 is 2.65 bits per heavy atom. The maximum atomic E-state index is 13.3. The molecule has 104 valence electrons. The molecule has 0 aliphatic heterocycles. The maximum Gasteiger partial charge on any atom is 0.337 e. The van der Waals surface area contributed by atoms with Gasteiger partial charge >= 0.3 is 5.97 Å². The predicted octanol–water partition coefficient (Wildman–Crippen LogP) is 4.09. The van der Waals surface area contributed by atoms with E-state index in [1.54, 1.807) is 30.3 Å². The van der Waals surface area contributed by atoms with Gasteiger partial charge in [0.25, 0.3) is 0 Å². The number of benzene rings is 2. The third-order valence-corrected chi connectivity index (χ3v) is 3.15. The van der Waals surface area contributed by atoms with Crippen LogP contribution in [0.1, 0.15) is 35.3 Å². The first-order valence-corrected chi connectivity index (χ1v) is 6.46. The minimum atomic E-state index is -0.984. The third-order valence-electron chi connectivity index (χ3n) is 3.15. The highest BCUT2D eigenvalue weighted by atomic mass is 19.1. The van der Waals surface area contributed by atoms with Crippen molar-refractivity contribution in [1.29, 1.82) is 0 Å². The van der Waals surface area contributed by atoms with Crippen molar-refractivity contribution in [3.8, 4) is 0 Å². The Morgan fingerprint density at radius 1 is 1.25 bits per heavy atom. The molecular formula is C16H16FNO2. The Hall–Kier alpha value is -2.36. The molecule has 0 saturated carbocycles. The van der Waals surface area contributed by atoms with Crippen LogP contribution in [-0.2, 0) is 0 Å². The molecule has 0 aromatic heterocycles. The van der Waals surface area contributed by atoms with E-state index in [1.807, 2.05) is 13.0 Å². The molecule has 0 heterocycles. The van der Waals surface area contributed by atoms with E-state index in [0.717, 1.165) is 12.0 Å². The number of carboxylic acid groups (broad SMARTS) is 1. The zero-order valence-electron chi connectivity index (χ0n) is 11.1. The summed E-state index contributed by atoms with van der Waals surface area (Å²) in [7, 11) is 0. The standard InChI is InChI=1S/C16H16FNO2/c1-2-14(11-6-5-7-12(17)10-11)18-15-9-4-3-8-13(15)16(19)20/h3-10,14,18H,2H2,1H3,(H,19,20). The summed E-state index contributed by atoms with van der Waals surface area (Å²) >= 11 is 0. The third kappa shape index (κ3) is 3.15. The van der Waals surface area contributed by atoms with Gasteiger partial charge in [0.2, 0.25) is 0 Å². The number of halogens is 1. The number of rotatable bonds is 5. The highest BCUT2D eigenvalue weighted by molar-refractivity contribution is 5.94. The van der Waals surface area contributed by atoms with Crippen molar-refractivity contribution >= 4 is 11.7 Å². The van der Waals surface area contributed by atoms with Crippen molar-refractivity contribution in [3.05, 3.63) is 65.5 Å². The fourth-order valence-corrected chi connectivity index (χ4v) is 2.13. The van der Waals surface area contributed by atoms with Crippen LogP contribution in [0.5, 0.6) is 0 Å². The molecule has 3 nitrogen and oxygen atoms in total. The molecule has 0 spiro atoms. The lowest BCUT2D eigenvalue weighted by molar-refractivity contribution is 0.0698. The molecule has 1 unspecified atom stereocenters. The van der Waals surface area contributed by atoms with Crippen LogP contribution >= 0.6 is 0 Å². The van der Waals surface area contributed by atoms with Crippen LogP contribution < -0.4 is 5.32 Å². The largest absolute Gasteiger partial charge is 0.478 e. The van der Waals surface area contributed by atoms with Gasteiger partial charge in [0.05, 0.1) is 11.6 Å². The number of carboxylic acids is 1. The number of hydrogen-bond donors (Lipinski definition) is 2. The van der Waals surface area contributed by atoms with Gasteiger partial charge in [0.1, 0.15) is 5.82 Å². The van der Waals surface area contributed by atoms with Crippen LogP contribution in [0.4, 0.5) is 10.1 Å². The van der Waals surface area contributed by atoms with Gasteiger partial charge in [0.15, 0.2) is 0 Å². The highest BCUT2D eigenvalue weighted by Gasteiger charge is 2.14. The summed E-state index contributed by atoms with van der Waals surface area (Å²) in [5.74, 6) is -1.28. The SMILES string of the molecule is CCC(Nc1ccccc1C(=O)O)c1cccc(F)c1. The topological polar surface area (TPSA) is 49.3 Å². The molecule has 0 amide bonds. The summed E-state index contributed by atoms with van der Waals surface area (Å²) in [6.45, 7) is 1.96. The molecular weight excluding hydrogens is 257 g/mol. The molecule has 0 saturated heterocycles. The molecule has 4 heteroatoms. The Labute approximate surface area is 117 Å². The zero-order valence-corrected chi connectivity index (χ0v) is 11.1. The van der Waals surface area contributed by atoms with Gasteiger partial charge in [-0.25, -0.2) is 9.18 Å². The first-order chi connectivity index (χ1) is 9.61. The number of carbonyl (C=O) groups is 1. The minimum absolute atomic E-state index is 0.133. The van der Waals surface area contributed by atoms with E-state index in [0.29, 0.717) is 5.69 Å². The average Bonchev–Trinajstić information content (AvgIpc) is 2.45. The summed E-state index contributed by atoms with van der Waals surface area (Å²) in [6.07, 6.45) is 0.720. The van der Waals surface area contributed by atoms with Crippen LogP contribution in [-0.4, -0.2) is 11.1 Å². The lowest BCUT2D eigenvalue weighted by Crippen LogP contribution is -2.13. The highest BCUT2D eigenvalue weighted by Crippen LogP contribution is 2.25. The van der Waals surface area contributed by atoms with Gasteiger partial charge in [-0.05, 0) is 36.2 Å². The van der Waals surface area contributed by atoms with Gasteiger partial charge < -0.3 is 10.4 Å². The molecule has 2 N–H and O–H groups in total. The number of nitrogens with one attached hydrogen (secondary N) is 1. The van der Waals surface area contributed by atoms with E-state index in [4.69, 9.17) is 5.11 Å². The van der Waals surface area contributed by atoms with E-state index in [-0.39, 0.29) is 17.4 Å². The number of aromatic carboxylic acids is 1. The van der Waals surface area contributed by atoms with Crippen molar-refractivity contribution in [2.24, 2.45) is 0 Å². The van der Waals surface area contributed by atoms with E-state index in [9.17, 15) is 9.18 Å². The van der Waals surface area contributed by atoms with Gasteiger partial charge in [-0.3, -0.25) is 0 Å². The van der Waals surface area contributed by atoms with Gasteiger partial charge in [-0.1, -0.05) is 31.2 Å². The van der Waals surface area contributed by atoms with Gasteiger partial charge in [-0.15, -0.1) is 0 Å². The summed E-state index contributed by atoms with van der Waals surface area (Å²) in [4.78, 5) is 11.2. The average molecular weight is 273 g/mol. The first kappa shape index (κ1) is 14.1. The lowest BCUT2D eigenvalue weighted by Gasteiger charge is -2.20. The molecule has 2 aromatic rings. The molecule has 1 atom stereocenters. The quantitative estimate of drug-likeness (QED) is 0.862. The van der Waals surface area contributed by atoms with Crippen LogP contribution in [0.2, 0.25) is 0 Å². The van der Waals surface area contributed by atoms with Crippen molar-refractivity contribution < 1.29 is 14.3 Å². The molecule has 0 aliphatic carbocycles. The van der Waals surface area contributed by atoms with Gasteiger partial charge in [-0.2, -0.15) is 0 Å². The van der Waals surface area contributed by atoms with Crippen molar-refractivity contribution in [1.82, 2.24) is 0 Å². The molecule has 0 aliphatic rings. The van der Waals surface area contributed by atoms with Crippen molar-refractivity contribution in [2.75, 3.05) is 5.32 Å². The van der Waals surface area contributed by atoms with Crippen LogP contribution in [0, 0.1) is 5.82 Å². The first-order valence-electron chi connectivity index (χ1n) is 6.46. The van der Waals surface area contributed by atoms with Gasteiger partial charge in [0, 0.05) is 5.69 Å². The van der Waals surface area contributed by atoms with Crippen LogP contribution in [0.3, 0.4) is 0 Å². The Morgan fingerprint density at radius 2 is 2.00 bits per heavy atom. The molecule has 0 bridgehead atoms. The second-order valence-electron chi connectivity index (χ2n) is 4.51. The van der Waals surface area contributed by atoms with Crippen molar-refractivity contribution in [2.45, 2.75) is 19.4 Å². The number of anilines is 1. The fraction of sp³-hybridized carbons (Fsp3) is 0.188. The molecule has 2 rings (SSSR count).